The molecule has 0 saturated carbocycles. The fourth-order valence-electron chi connectivity index (χ4n) is 2.45. The van der Waals surface area contributed by atoms with Crippen molar-refractivity contribution in [1.82, 2.24) is 5.32 Å². The zero-order valence-electron chi connectivity index (χ0n) is 16.0. The lowest BCUT2D eigenvalue weighted by Gasteiger charge is -2.13. The molecule has 0 unspecified atom stereocenters. The van der Waals surface area contributed by atoms with Crippen molar-refractivity contribution in [3.05, 3.63) is 53.6 Å². The molecule has 0 aliphatic carbocycles. The summed E-state index contributed by atoms with van der Waals surface area (Å²) in [6, 6.07) is 11.9. The zero-order valence-corrected chi connectivity index (χ0v) is 16.0. The summed E-state index contributed by atoms with van der Waals surface area (Å²) in [7, 11) is 0. The summed E-state index contributed by atoms with van der Waals surface area (Å²) < 4.78 is 11.3. The van der Waals surface area contributed by atoms with Crippen LogP contribution in [0.15, 0.2) is 42.5 Å². The molecule has 2 aromatic rings. The highest BCUT2D eigenvalue weighted by molar-refractivity contribution is 6.05. The summed E-state index contributed by atoms with van der Waals surface area (Å²) in [5, 5.41) is 5.55. The molecule has 6 nitrogen and oxygen atoms in total. The summed E-state index contributed by atoms with van der Waals surface area (Å²) in [5.74, 6) is 0.693. The second-order valence-electron chi connectivity index (χ2n) is 5.84. The molecule has 27 heavy (non-hydrogen) atoms. The molecule has 2 aromatic carbocycles. The van der Waals surface area contributed by atoms with Gasteiger partial charge in [0.1, 0.15) is 0 Å². The molecule has 0 fully saturated rings. The third-order valence-electron chi connectivity index (χ3n) is 3.69. The van der Waals surface area contributed by atoms with E-state index in [9.17, 15) is 9.59 Å². The summed E-state index contributed by atoms with van der Waals surface area (Å²) in [6.07, 6.45) is 0.885. The zero-order chi connectivity index (χ0) is 19.6. The number of carbonyl (C=O) groups is 2. The van der Waals surface area contributed by atoms with Gasteiger partial charge in [0.05, 0.1) is 13.2 Å². The van der Waals surface area contributed by atoms with E-state index in [1.807, 2.05) is 20.8 Å². The predicted molar refractivity (Wildman–Crippen MR) is 106 cm³/mol. The summed E-state index contributed by atoms with van der Waals surface area (Å²) in [5.41, 5.74) is 1.49. The highest BCUT2D eigenvalue weighted by Crippen LogP contribution is 2.29. The van der Waals surface area contributed by atoms with Gasteiger partial charge in [0, 0.05) is 23.4 Å². The van der Waals surface area contributed by atoms with Crippen molar-refractivity contribution < 1.29 is 19.1 Å². The molecule has 0 aliphatic heterocycles. The average Bonchev–Trinajstić information content (AvgIpc) is 2.67. The molecule has 0 saturated heterocycles. The number of anilines is 1. The number of nitrogens with one attached hydrogen (secondary N) is 2. The van der Waals surface area contributed by atoms with E-state index in [0.717, 1.165) is 6.42 Å². The fraction of sp³-hybridized carbons (Fsp3) is 0.333. The minimum Gasteiger partial charge on any atom is -0.490 e. The number of amides is 2. The molecular formula is C21H26N2O4. The molecule has 6 heteroatoms. The van der Waals surface area contributed by atoms with Gasteiger partial charge in [0.25, 0.3) is 11.8 Å². The van der Waals surface area contributed by atoms with Crippen LogP contribution < -0.4 is 20.1 Å². The van der Waals surface area contributed by atoms with E-state index in [1.54, 1.807) is 42.5 Å². The van der Waals surface area contributed by atoms with Crippen molar-refractivity contribution >= 4 is 17.5 Å². The third-order valence-corrected chi connectivity index (χ3v) is 3.69. The van der Waals surface area contributed by atoms with Crippen molar-refractivity contribution in [2.75, 3.05) is 25.1 Å². The van der Waals surface area contributed by atoms with Crippen molar-refractivity contribution in [3.8, 4) is 11.5 Å². The maximum Gasteiger partial charge on any atom is 0.255 e. The van der Waals surface area contributed by atoms with Crippen LogP contribution in [0, 0.1) is 0 Å². The largest absolute Gasteiger partial charge is 0.490 e. The van der Waals surface area contributed by atoms with Gasteiger partial charge in [-0.3, -0.25) is 9.59 Å². The minimum atomic E-state index is -0.286. The molecule has 0 radical (unpaired) electrons. The Labute approximate surface area is 159 Å². The van der Waals surface area contributed by atoms with Crippen LogP contribution >= 0.6 is 0 Å². The van der Waals surface area contributed by atoms with E-state index in [2.05, 4.69) is 10.6 Å². The number of hydrogen-bond acceptors (Lipinski definition) is 4. The standard InChI is InChI=1S/C21H26N2O4/c1-4-12-27-18-11-10-16(14-19(18)26-6-3)21(25)23-17-9-7-8-15(13-17)20(24)22-5-2/h7-11,13-14H,4-6,12H2,1-3H3,(H,22,24)(H,23,25). The lowest BCUT2D eigenvalue weighted by Crippen LogP contribution is -2.22. The SMILES string of the molecule is CCCOc1ccc(C(=O)Nc2cccc(C(=O)NCC)c2)cc1OCC. The maximum absolute atomic E-state index is 12.6. The van der Waals surface area contributed by atoms with Gasteiger partial charge in [-0.2, -0.15) is 0 Å². The van der Waals surface area contributed by atoms with Crippen LogP contribution in [0.5, 0.6) is 11.5 Å². The highest BCUT2D eigenvalue weighted by Gasteiger charge is 2.13. The second kappa shape index (κ2) is 10.2. The van der Waals surface area contributed by atoms with Crippen molar-refractivity contribution in [3.63, 3.8) is 0 Å². The molecule has 0 atom stereocenters. The summed E-state index contributed by atoms with van der Waals surface area (Å²) in [4.78, 5) is 24.5. The maximum atomic E-state index is 12.6. The van der Waals surface area contributed by atoms with Crippen LogP contribution in [0.1, 0.15) is 47.9 Å². The Balaban J connectivity index is 2.16. The van der Waals surface area contributed by atoms with Crippen LogP contribution in [0.2, 0.25) is 0 Å². The summed E-state index contributed by atoms with van der Waals surface area (Å²) >= 11 is 0. The first kappa shape index (κ1) is 20.3. The van der Waals surface area contributed by atoms with Crippen LogP contribution in [0.3, 0.4) is 0 Å². The van der Waals surface area contributed by atoms with E-state index in [4.69, 9.17) is 9.47 Å². The van der Waals surface area contributed by atoms with Gasteiger partial charge in [-0.25, -0.2) is 0 Å². The molecule has 0 bridgehead atoms. The van der Waals surface area contributed by atoms with Crippen LogP contribution in [0.4, 0.5) is 5.69 Å². The number of benzene rings is 2. The minimum absolute atomic E-state index is 0.176. The van der Waals surface area contributed by atoms with Gasteiger partial charge in [0.15, 0.2) is 11.5 Å². The van der Waals surface area contributed by atoms with Gasteiger partial charge < -0.3 is 20.1 Å². The molecule has 2 rings (SSSR count). The van der Waals surface area contributed by atoms with Gasteiger partial charge in [-0.05, 0) is 56.7 Å². The van der Waals surface area contributed by atoms with Crippen LogP contribution in [0.25, 0.3) is 0 Å². The monoisotopic (exact) mass is 370 g/mol. The molecular weight excluding hydrogens is 344 g/mol. The van der Waals surface area contributed by atoms with Gasteiger partial charge in [-0.15, -0.1) is 0 Å². The average molecular weight is 370 g/mol. The van der Waals surface area contributed by atoms with Crippen molar-refractivity contribution in [2.45, 2.75) is 27.2 Å². The lowest BCUT2D eigenvalue weighted by molar-refractivity contribution is 0.0954. The molecule has 0 spiro atoms. The van der Waals surface area contributed by atoms with E-state index >= 15 is 0 Å². The number of ether oxygens (including phenoxy) is 2. The molecule has 2 amide bonds. The Bertz CT molecular complexity index is 790. The predicted octanol–water partition coefficient (Wildman–Crippen LogP) is 3.88. The first-order chi connectivity index (χ1) is 13.1. The van der Waals surface area contributed by atoms with E-state index in [0.29, 0.717) is 48.1 Å². The number of hydrogen-bond donors (Lipinski definition) is 2. The van der Waals surface area contributed by atoms with Gasteiger partial charge >= 0.3 is 0 Å². The Hall–Kier alpha value is -3.02. The smallest absolute Gasteiger partial charge is 0.255 e. The normalized spacial score (nSPS) is 10.2. The van der Waals surface area contributed by atoms with E-state index in [-0.39, 0.29) is 11.8 Å². The molecule has 0 aliphatic rings. The quantitative estimate of drug-likeness (QED) is 0.702. The second-order valence-corrected chi connectivity index (χ2v) is 5.84. The fourth-order valence-corrected chi connectivity index (χ4v) is 2.45. The van der Waals surface area contributed by atoms with E-state index in [1.165, 1.54) is 0 Å². The lowest BCUT2D eigenvalue weighted by atomic mass is 10.1. The van der Waals surface area contributed by atoms with Crippen LogP contribution in [-0.4, -0.2) is 31.6 Å². The van der Waals surface area contributed by atoms with Crippen LogP contribution in [-0.2, 0) is 0 Å². The van der Waals surface area contributed by atoms with Gasteiger partial charge in [-0.1, -0.05) is 13.0 Å². The summed E-state index contributed by atoms with van der Waals surface area (Å²) in [6.45, 7) is 7.36. The topological polar surface area (TPSA) is 76.7 Å². The third kappa shape index (κ3) is 5.74. The first-order valence-electron chi connectivity index (χ1n) is 9.18. The van der Waals surface area contributed by atoms with Gasteiger partial charge in [0.2, 0.25) is 0 Å². The number of carbonyl (C=O) groups excluding carboxylic acids is 2. The van der Waals surface area contributed by atoms with E-state index < -0.39 is 0 Å². The Morgan fingerprint density at radius 1 is 0.889 bits per heavy atom. The first-order valence-corrected chi connectivity index (χ1v) is 9.18. The molecule has 0 aromatic heterocycles. The molecule has 0 heterocycles. The molecule has 144 valence electrons. The Kier molecular flexibility index (Phi) is 7.67. The number of rotatable bonds is 9. The van der Waals surface area contributed by atoms with Crippen molar-refractivity contribution in [2.24, 2.45) is 0 Å². The Morgan fingerprint density at radius 3 is 2.37 bits per heavy atom. The molecule has 2 N–H and O–H groups in total. The highest BCUT2D eigenvalue weighted by atomic mass is 16.5. The Morgan fingerprint density at radius 2 is 1.67 bits per heavy atom. The van der Waals surface area contributed by atoms with Crippen molar-refractivity contribution in [1.29, 1.82) is 0 Å².